The van der Waals surface area contributed by atoms with Gasteiger partial charge in [-0.15, -0.1) is 5.10 Å². The summed E-state index contributed by atoms with van der Waals surface area (Å²) in [6.07, 6.45) is 0. The molecular weight excluding hydrogens is 337 g/mol. The van der Waals surface area contributed by atoms with Crippen LogP contribution in [-0.4, -0.2) is 20.2 Å². The first-order valence-electron chi connectivity index (χ1n) is 6.16. The van der Waals surface area contributed by atoms with Crippen LogP contribution in [0.3, 0.4) is 0 Å². The van der Waals surface area contributed by atoms with Gasteiger partial charge in [0.2, 0.25) is 0 Å². The van der Waals surface area contributed by atoms with Crippen LogP contribution in [0.25, 0.3) is 17.1 Å². The molecule has 0 saturated carbocycles. The van der Waals surface area contributed by atoms with E-state index in [0.717, 1.165) is 11.1 Å². The van der Waals surface area contributed by atoms with E-state index in [1.165, 1.54) is 12.1 Å². The summed E-state index contributed by atoms with van der Waals surface area (Å²) in [5.41, 5.74) is 8.97. The number of nitrogens with two attached hydrogens (primary N) is 1. The van der Waals surface area contributed by atoms with Crippen LogP contribution in [0.15, 0.2) is 40.9 Å². The molecule has 106 valence electrons. The topological polar surface area (TPSA) is 69.6 Å². The summed E-state index contributed by atoms with van der Waals surface area (Å²) in [7, 11) is 0. The molecule has 3 aromatic rings. The fourth-order valence-electron chi connectivity index (χ4n) is 2.00. The maximum atomic E-state index is 13.2. The zero-order chi connectivity index (χ0) is 15.0. The van der Waals surface area contributed by atoms with E-state index in [2.05, 4.69) is 31.5 Å². The Morgan fingerprint density at radius 2 is 2.00 bits per heavy atom. The average Bonchev–Trinajstić information content (AvgIpc) is 2.91. The maximum Gasteiger partial charge on any atom is 0.187 e. The van der Waals surface area contributed by atoms with Gasteiger partial charge >= 0.3 is 0 Å². The van der Waals surface area contributed by atoms with Crippen LogP contribution >= 0.6 is 15.9 Å². The van der Waals surface area contributed by atoms with E-state index >= 15 is 0 Å². The van der Waals surface area contributed by atoms with Crippen LogP contribution in [0.2, 0.25) is 0 Å². The van der Waals surface area contributed by atoms with Crippen molar-refractivity contribution >= 4 is 21.6 Å². The van der Waals surface area contributed by atoms with Crippen molar-refractivity contribution in [2.75, 3.05) is 5.73 Å². The highest BCUT2D eigenvalue weighted by atomic mass is 79.9. The molecule has 2 aromatic carbocycles. The second kappa shape index (κ2) is 5.25. The SMILES string of the molecule is Cc1cc(-c2nnnn2-c2ccc(F)cc2Br)ccc1N. The predicted octanol–water partition coefficient (Wildman–Crippen LogP) is 3.12. The molecule has 0 amide bonds. The van der Waals surface area contributed by atoms with Crippen molar-refractivity contribution in [2.45, 2.75) is 6.92 Å². The molecular formula is C14H11BrFN5. The number of aryl methyl sites for hydroxylation is 1. The van der Waals surface area contributed by atoms with Crippen molar-refractivity contribution in [1.82, 2.24) is 20.2 Å². The first-order chi connectivity index (χ1) is 10.1. The molecule has 2 N–H and O–H groups in total. The molecule has 1 heterocycles. The van der Waals surface area contributed by atoms with E-state index in [0.29, 0.717) is 21.7 Å². The number of anilines is 1. The summed E-state index contributed by atoms with van der Waals surface area (Å²) < 4.78 is 15.3. The van der Waals surface area contributed by atoms with Crippen molar-refractivity contribution in [3.8, 4) is 17.1 Å². The Hall–Kier alpha value is -2.28. The standard InChI is InChI=1S/C14H11BrFN5/c1-8-6-9(2-4-12(8)17)14-18-19-20-21(14)13-5-3-10(16)7-11(13)15/h2-7H,17H2,1H3. The summed E-state index contributed by atoms with van der Waals surface area (Å²) in [5.74, 6) is 0.231. The highest BCUT2D eigenvalue weighted by Gasteiger charge is 2.14. The molecule has 0 saturated heterocycles. The van der Waals surface area contributed by atoms with Crippen LogP contribution in [0.5, 0.6) is 0 Å². The second-order valence-corrected chi connectivity index (χ2v) is 5.44. The van der Waals surface area contributed by atoms with Gasteiger partial charge in [-0.05, 0) is 75.2 Å². The van der Waals surface area contributed by atoms with Gasteiger partial charge in [0, 0.05) is 15.7 Å². The molecule has 0 bridgehead atoms. The zero-order valence-corrected chi connectivity index (χ0v) is 12.7. The lowest BCUT2D eigenvalue weighted by atomic mass is 10.1. The van der Waals surface area contributed by atoms with E-state index in [1.54, 1.807) is 10.7 Å². The van der Waals surface area contributed by atoms with Crippen molar-refractivity contribution in [1.29, 1.82) is 0 Å². The van der Waals surface area contributed by atoms with E-state index in [1.807, 2.05) is 25.1 Å². The smallest absolute Gasteiger partial charge is 0.187 e. The van der Waals surface area contributed by atoms with Gasteiger partial charge in [0.1, 0.15) is 5.82 Å². The Balaban J connectivity index is 2.14. The largest absolute Gasteiger partial charge is 0.399 e. The number of nitrogens with zero attached hydrogens (tertiary/aromatic N) is 4. The fraction of sp³-hybridized carbons (Fsp3) is 0.0714. The van der Waals surface area contributed by atoms with Crippen molar-refractivity contribution < 1.29 is 4.39 Å². The molecule has 1 aromatic heterocycles. The number of hydrogen-bond acceptors (Lipinski definition) is 4. The van der Waals surface area contributed by atoms with E-state index in [-0.39, 0.29) is 5.82 Å². The second-order valence-electron chi connectivity index (χ2n) is 4.58. The molecule has 3 rings (SSSR count). The van der Waals surface area contributed by atoms with Crippen LogP contribution in [0.1, 0.15) is 5.56 Å². The van der Waals surface area contributed by atoms with Gasteiger partial charge in [0.15, 0.2) is 5.82 Å². The van der Waals surface area contributed by atoms with Gasteiger partial charge in [0.25, 0.3) is 0 Å². The van der Waals surface area contributed by atoms with Gasteiger partial charge in [-0.1, -0.05) is 0 Å². The van der Waals surface area contributed by atoms with Gasteiger partial charge in [-0.25, -0.2) is 4.39 Å². The fourth-order valence-corrected chi connectivity index (χ4v) is 2.52. The maximum absolute atomic E-state index is 13.2. The van der Waals surface area contributed by atoms with Crippen LogP contribution in [-0.2, 0) is 0 Å². The van der Waals surface area contributed by atoms with Gasteiger partial charge in [0.05, 0.1) is 5.69 Å². The molecule has 7 heteroatoms. The number of tetrazole rings is 1. The minimum absolute atomic E-state index is 0.330. The highest BCUT2D eigenvalue weighted by Crippen LogP contribution is 2.27. The molecule has 0 radical (unpaired) electrons. The summed E-state index contributed by atoms with van der Waals surface area (Å²) in [6.45, 7) is 1.92. The molecule has 0 aliphatic carbocycles. The molecule has 0 spiro atoms. The van der Waals surface area contributed by atoms with Gasteiger partial charge < -0.3 is 5.73 Å². The quantitative estimate of drug-likeness (QED) is 0.723. The van der Waals surface area contributed by atoms with E-state index in [4.69, 9.17) is 5.73 Å². The molecule has 0 atom stereocenters. The number of nitrogen functional groups attached to an aromatic ring is 1. The van der Waals surface area contributed by atoms with Crippen molar-refractivity contribution in [3.63, 3.8) is 0 Å². The highest BCUT2D eigenvalue weighted by molar-refractivity contribution is 9.10. The van der Waals surface area contributed by atoms with Crippen molar-refractivity contribution in [3.05, 3.63) is 52.3 Å². The summed E-state index contributed by atoms with van der Waals surface area (Å²) in [6, 6.07) is 9.92. The third kappa shape index (κ3) is 2.52. The minimum atomic E-state index is -0.330. The normalized spacial score (nSPS) is 10.8. The van der Waals surface area contributed by atoms with Gasteiger partial charge in [-0.2, -0.15) is 4.68 Å². The molecule has 0 aliphatic rings. The molecule has 21 heavy (non-hydrogen) atoms. The first kappa shape index (κ1) is 13.7. The van der Waals surface area contributed by atoms with E-state index < -0.39 is 0 Å². The van der Waals surface area contributed by atoms with Gasteiger partial charge in [-0.3, -0.25) is 0 Å². The summed E-state index contributed by atoms with van der Waals surface area (Å²) in [4.78, 5) is 0. The lowest BCUT2D eigenvalue weighted by molar-refractivity contribution is 0.625. The number of aromatic nitrogens is 4. The zero-order valence-electron chi connectivity index (χ0n) is 11.1. The Morgan fingerprint density at radius 3 is 2.71 bits per heavy atom. The minimum Gasteiger partial charge on any atom is -0.399 e. The third-order valence-corrected chi connectivity index (χ3v) is 3.77. The number of halogens is 2. The van der Waals surface area contributed by atoms with Crippen LogP contribution in [0, 0.1) is 12.7 Å². The van der Waals surface area contributed by atoms with Crippen LogP contribution < -0.4 is 5.73 Å². The Morgan fingerprint density at radius 1 is 1.19 bits per heavy atom. The molecule has 5 nitrogen and oxygen atoms in total. The Bertz CT molecular complexity index is 815. The molecule has 0 aliphatic heterocycles. The molecule has 0 unspecified atom stereocenters. The number of rotatable bonds is 2. The Labute approximate surface area is 128 Å². The Kier molecular flexibility index (Phi) is 3.42. The average molecular weight is 348 g/mol. The summed E-state index contributed by atoms with van der Waals surface area (Å²) in [5, 5.41) is 11.7. The first-order valence-corrected chi connectivity index (χ1v) is 6.96. The van der Waals surface area contributed by atoms with Crippen molar-refractivity contribution in [2.24, 2.45) is 0 Å². The number of hydrogen-bond donors (Lipinski definition) is 1. The van der Waals surface area contributed by atoms with Crippen LogP contribution in [0.4, 0.5) is 10.1 Å². The molecule has 0 fully saturated rings. The third-order valence-electron chi connectivity index (χ3n) is 3.14. The van der Waals surface area contributed by atoms with E-state index in [9.17, 15) is 4.39 Å². The lowest BCUT2D eigenvalue weighted by Gasteiger charge is -2.08. The monoisotopic (exact) mass is 347 g/mol. The predicted molar refractivity (Wildman–Crippen MR) is 81.4 cm³/mol. The number of benzene rings is 2. The summed E-state index contributed by atoms with van der Waals surface area (Å²) >= 11 is 3.32. The lowest BCUT2D eigenvalue weighted by Crippen LogP contribution is -2.01.